The first kappa shape index (κ1) is 58.0. The van der Waals surface area contributed by atoms with Gasteiger partial charge in [-0.25, -0.2) is 14.4 Å². The van der Waals surface area contributed by atoms with Gasteiger partial charge in [-0.15, -0.1) is 0 Å². The highest BCUT2D eigenvalue weighted by atomic mass is 17.2. The van der Waals surface area contributed by atoms with Crippen LogP contribution in [0.25, 0.3) is 10.8 Å². The van der Waals surface area contributed by atoms with Crippen LogP contribution < -0.4 is 28.7 Å². The van der Waals surface area contributed by atoms with E-state index in [2.05, 4.69) is 13.2 Å². The van der Waals surface area contributed by atoms with Crippen molar-refractivity contribution in [3.8, 4) is 34.5 Å². The van der Waals surface area contributed by atoms with Gasteiger partial charge in [0.2, 0.25) is 0 Å². The van der Waals surface area contributed by atoms with Gasteiger partial charge in [-0.3, -0.25) is 14.4 Å². The normalized spacial score (nSPS) is 17.1. The van der Waals surface area contributed by atoms with Crippen molar-refractivity contribution in [1.82, 2.24) is 0 Å². The molecule has 0 aliphatic heterocycles. The molecule has 0 heterocycles. The number of ether oxygens (including phenoxy) is 7. The van der Waals surface area contributed by atoms with Gasteiger partial charge in [0.05, 0.1) is 57.0 Å². The molecule has 0 spiro atoms. The lowest BCUT2D eigenvalue weighted by Gasteiger charge is -2.26. The van der Waals surface area contributed by atoms with Gasteiger partial charge in [0.15, 0.2) is 24.4 Å². The quantitative estimate of drug-likeness (QED) is 0.00636. The molecule has 76 heavy (non-hydrogen) atoms. The van der Waals surface area contributed by atoms with Gasteiger partial charge >= 0.3 is 29.8 Å². The van der Waals surface area contributed by atoms with Crippen LogP contribution in [-0.2, 0) is 48.0 Å². The first-order valence-corrected chi connectivity index (χ1v) is 26.3. The molecule has 0 N–H and O–H groups in total. The first-order valence-electron chi connectivity index (χ1n) is 26.3. The Morgan fingerprint density at radius 1 is 0.500 bits per heavy atom. The van der Waals surface area contributed by atoms with Crippen molar-refractivity contribution in [3.05, 3.63) is 110 Å². The zero-order chi connectivity index (χ0) is 53.7. The van der Waals surface area contributed by atoms with Crippen LogP contribution in [0.15, 0.2) is 104 Å². The summed E-state index contributed by atoms with van der Waals surface area (Å²) in [4.78, 5) is 96.0. The van der Waals surface area contributed by atoms with Crippen LogP contribution in [0.3, 0.4) is 0 Å². The van der Waals surface area contributed by atoms with Crippen LogP contribution in [0.1, 0.15) is 113 Å². The number of rotatable bonds is 33. The highest BCUT2D eigenvalue weighted by molar-refractivity contribution is 6.01. The first-order chi connectivity index (χ1) is 37.1. The third-order valence-corrected chi connectivity index (χ3v) is 13.2. The van der Waals surface area contributed by atoms with Crippen molar-refractivity contribution in [3.63, 3.8) is 0 Å². The van der Waals surface area contributed by atoms with Crippen molar-refractivity contribution < 1.29 is 81.5 Å². The summed E-state index contributed by atoms with van der Waals surface area (Å²) in [5, 5.41) is 0.963. The third-order valence-electron chi connectivity index (χ3n) is 13.2. The van der Waals surface area contributed by atoms with Gasteiger partial charge in [-0.1, -0.05) is 37.4 Å². The maximum atomic E-state index is 13.0. The predicted molar refractivity (Wildman–Crippen MR) is 279 cm³/mol. The molecule has 0 radical (unpaired) electrons. The molecule has 0 aromatic heterocycles. The molecule has 0 bridgehead atoms. The van der Waals surface area contributed by atoms with Gasteiger partial charge in [-0.05, 0) is 169 Å². The number of benzene rings is 4. The summed E-state index contributed by atoms with van der Waals surface area (Å²) in [5.74, 6) is -0.0615. The molecular weight excluding hydrogens is 981 g/mol. The Bertz CT molecular complexity index is 2490. The Morgan fingerprint density at radius 3 is 1.50 bits per heavy atom. The van der Waals surface area contributed by atoms with E-state index in [0.717, 1.165) is 82.1 Å². The molecule has 6 rings (SSSR count). The van der Waals surface area contributed by atoms with Crippen molar-refractivity contribution in [2.24, 2.45) is 23.7 Å². The number of carbonyl (C=O) groups excluding carboxylic acids is 6. The summed E-state index contributed by atoms with van der Waals surface area (Å²) < 4.78 is 38.3. The lowest BCUT2D eigenvalue weighted by molar-refractivity contribution is -0.218. The van der Waals surface area contributed by atoms with E-state index in [9.17, 15) is 28.8 Å². The fourth-order valence-corrected chi connectivity index (χ4v) is 8.87. The number of hydrogen-bond acceptors (Lipinski definition) is 17. The molecule has 17 heteroatoms. The van der Waals surface area contributed by atoms with E-state index < -0.39 is 30.5 Å². The SMILES string of the molecule is C=CC(=O)OCCCCCCOc1ccc(OOCC2CCC(C(=O)OCC(=O)Oc3cc(C=O)c(OOCC4CCC(C(=O)Oc5ccc(OCCCCCCOC(=O)C=C)cc5)CC4)c4ccccc34)CC2)cc1. The van der Waals surface area contributed by atoms with Crippen LogP contribution in [0, 0.1) is 23.7 Å². The summed E-state index contributed by atoms with van der Waals surface area (Å²) in [6, 6.07) is 22.5. The Labute approximate surface area is 443 Å². The molecule has 0 unspecified atom stereocenters. The standard InChI is InChI=1S/C59H70O17/c1-3-54(61)68-35-13-7-5-11-33-66-47-25-29-49(30-26-47)73-59(65)45-23-19-43(20-24-45)40-72-76-57-46(38-60)37-53(51-15-9-10-16-52(51)57)74-56(63)41-70-58(64)44-21-17-42(18-22-44)39-71-75-50-31-27-48(28-32-50)67-34-12-6-8-14-36-69-55(62)4-2/h3-4,9-10,15-16,25-32,37-38,42-45H,1-2,5-8,11-14,17-24,33-36,39-41H2. The third kappa shape index (κ3) is 19.8. The molecule has 2 fully saturated rings. The van der Waals surface area contributed by atoms with Gasteiger partial charge in [0.25, 0.3) is 0 Å². The Kier molecular flexibility index (Phi) is 24.6. The Morgan fingerprint density at radius 2 is 0.974 bits per heavy atom. The monoisotopic (exact) mass is 1050 g/mol. The van der Waals surface area contributed by atoms with Gasteiger partial charge < -0.3 is 42.9 Å². The average molecular weight is 1050 g/mol. The summed E-state index contributed by atoms with van der Waals surface area (Å²) >= 11 is 0. The van der Waals surface area contributed by atoms with Crippen molar-refractivity contribution in [2.75, 3.05) is 46.2 Å². The Balaban J connectivity index is 0.834. The van der Waals surface area contributed by atoms with E-state index >= 15 is 0 Å². The minimum absolute atomic E-state index is 0.0957. The van der Waals surface area contributed by atoms with Crippen molar-refractivity contribution in [2.45, 2.75) is 103 Å². The Hall–Kier alpha value is -7.24. The van der Waals surface area contributed by atoms with E-state index in [0.29, 0.717) is 106 Å². The smallest absolute Gasteiger partial charge is 0.349 e. The maximum Gasteiger partial charge on any atom is 0.349 e. The van der Waals surface area contributed by atoms with Crippen molar-refractivity contribution in [1.29, 1.82) is 0 Å². The molecule has 0 saturated heterocycles. The second kappa shape index (κ2) is 32.3. The van der Waals surface area contributed by atoms with E-state index in [1.807, 2.05) is 12.1 Å². The number of esters is 5. The summed E-state index contributed by atoms with van der Waals surface area (Å²) in [6.07, 6.45) is 15.2. The number of hydrogen-bond donors (Lipinski definition) is 0. The van der Waals surface area contributed by atoms with Crippen LogP contribution in [-0.4, -0.2) is 82.4 Å². The topological polar surface area (TPSA) is 204 Å². The molecule has 17 nitrogen and oxygen atoms in total. The molecule has 0 atom stereocenters. The molecule has 408 valence electrons. The number of unbranched alkanes of at least 4 members (excludes halogenated alkanes) is 6. The zero-order valence-corrected chi connectivity index (χ0v) is 43.2. The predicted octanol–water partition coefficient (Wildman–Crippen LogP) is 11.0. The zero-order valence-electron chi connectivity index (χ0n) is 43.2. The lowest BCUT2D eigenvalue weighted by Crippen LogP contribution is -2.28. The van der Waals surface area contributed by atoms with Crippen LogP contribution in [0.5, 0.6) is 34.5 Å². The summed E-state index contributed by atoms with van der Waals surface area (Å²) in [7, 11) is 0. The largest absolute Gasteiger partial charge is 0.494 e. The van der Waals surface area contributed by atoms with Crippen LogP contribution >= 0.6 is 0 Å². The molecular formula is C59H70O17. The second-order valence-corrected chi connectivity index (χ2v) is 18.8. The molecule has 0 amide bonds. The molecule has 2 aliphatic carbocycles. The molecule has 2 aliphatic rings. The molecule has 2 saturated carbocycles. The van der Waals surface area contributed by atoms with Gasteiger partial charge in [0.1, 0.15) is 23.0 Å². The maximum absolute atomic E-state index is 13.0. The van der Waals surface area contributed by atoms with Gasteiger partial charge in [0, 0.05) is 22.9 Å². The number of aldehydes is 1. The van der Waals surface area contributed by atoms with E-state index in [1.165, 1.54) is 6.07 Å². The number of fused-ring (bicyclic) bond motifs is 1. The summed E-state index contributed by atoms with van der Waals surface area (Å²) in [5.41, 5.74) is 0.0957. The van der Waals surface area contributed by atoms with E-state index in [1.54, 1.807) is 60.7 Å². The molecule has 4 aromatic carbocycles. The second-order valence-electron chi connectivity index (χ2n) is 18.8. The minimum Gasteiger partial charge on any atom is -0.494 e. The fourth-order valence-electron chi connectivity index (χ4n) is 8.87. The van der Waals surface area contributed by atoms with Crippen LogP contribution in [0.4, 0.5) is 0 Å². The lowest BCUT2D eigenvalue weighted by atomic mass is 9.82. The molecule has 4 aromatic rings. The minimum atomic E-state index is -0.804. The highest BCUT2D eigenvalue weighted by Crippen LogP contribution is 2.38. The van der Waals surface area contributed by atoms with Gasteiger partial charge in [-0.2, -0.15) is 9.78 Å². The number of carbonyl (C=O) groups is 6. The summed E-state index contributed by atoms with van der Waals surface area (Å²) in [6.45, 7) is 8.62. The van der Waals surface area contributed by atoms with Crippen LogP contribution in [0.2, 0.25) is 0 Å². The van der Waals surface area contributed by atoms with E-state index in [4.69, 9.17) is 52.7 Å². The fraction of sp³-hybridized carbons (Fsp3) is 0.458. The highest BCUT2D eigenvalue weighted by Gasteiger charge is 2.30. The van der Waals surface area contributed by atoms with E-state index in [-0.39, 0.29) is 53.3 Å². The van der Waals surface area contributed by atoms with Crippen molar-refractivity contribution >= 4 is 46.9 Å². The average Bonchev–Trinajstić information content (AvgIpc) is 3.45.